The fourth-order valence-corrected chi connectivity index (χ4v) is 4.68. The van der Waals surface area contributed by atoms with E-state index in [2.05, 4.69) is 20.9 Å². The lowest BCUT2D eigenvalue weighted by Crippen LogP contribution is -2.39. The van der Waals surface area contributed by atoms with E-state index in [1.807, 2.05) is 73.7 Å². The molecule has 3 heterocycles. The number of hydrogen-bond donors (Lipinski definition) is 0. The highest BCUT2D eigenvalue weighted by atomic mass is 79.9. The standard InChI is InChI=1S/C24H15BrN4O2/c1-13-6-8-14(9-7-13)20-22(30)26-21-18-12-15(25)10-11-19(18)28-23(29(21)27-20)16-4-2-3-5-17(16)24(28)31/h2-12,23H,1H3. The quantitative estimate of drug-likeness (QED) is 0.408. The molecule has 2 aliphatic heterocycles. The van der Waals surface area contributed by atoms with Gasteiger partial charge in [-0.15, -0.1) is 0 Å². The average molecular weight is 471 g/mol. The normalized spacial score (nSPS) is 15.9. The zero-order chi connectivity index (χ0) is 21.3. The zero-order valence-corrected chi connectivity index (χ0v) is 18.0. The molecule has 7 heteroatoms. The van der Waals surface area contributed by atoms with Gasteiger partial charge < -0.3 is 0 Å². The van der Waals surface area contributed by atoms with E-state index in [1.165, 1.54) is 0 Å². The first-order valence-electron chi connectivity index (χ1n) is 9.83. The number of benzene rings is 3. The van der Waals surface area contributed by atoms with Crippen molar-refractivity contribution in [2.45, 2.75) is 13.1 Å². The molecule has 1 unspecified atom stereocenters. The Balaban J connectivity index is 1.68. The monoisotopic (exact) mass is 470 g/mol. The number of rotatable bonds is 1. The van der Waals surface area contributed by atoms with E-state index in [9.17, 15) is 9.59 Å². The summed E-state index contributed by atoms with van der Waals surface area (Å²) in [5, 5.41) is 4.75. The number of aryl methyl sites for hydroxylation is 1. The number of carbonyl (C=O) groups excluding carboxylic acids is 1. The predicted octanol–water partition coefficient (Wildman–Crippen LogP) is 4.56. The topological polar surface area (TPSA) is 68.1 Å². The van der Waals surface area contributed by atoms with Gasteiger partial charge in [0.05, 0.1) is 5.69 Å². The van der Waals surface area contributed by atoms with Crippen LogP contribution in [0, 0.1) is 6.92 Å². The summed E-state index contributed by atoms with van der Waals surface area (Å²) in [6.45, 7) is 1.99. The number of halogens is 1. The van der Waals surface area contributed by atoms with Crippen LogP contribution < -0.4 is 10.5 Å². The second kappa shape index (κ2) is 6.46. The minimum atomic E-state index is -0.496. The number of anilines is 1. The van der Waals surface area contributed by atoms with E-state index >= 15 is 0 Å². The summed E-state index contributed by atoms with van der Waals surface area (Å²) in [5.41, 5.74) is 4.53. The Hall–Kier alpha value is -3.58. The predicted molar refractivity (Wildman–Crippen MR) is 121 cm³/mol. The molecule has 150 valence electrons. The lowest BCUT2D eigenvalue weighted by atomic mass is 10.1. The zero-order valence-electron chi connectivity index (χ0n) is 16.4. The molecule has 0 bridgehead atoms. The Kier molecular flexibility index (Phi) is 3.79. The van der Waals surface area contributed by atoms with E-state index in [0.29, 0.717) is 28.2 Å². The molecule has 3 aromatic carbocycles. The van der Waals surface area contributed by atoms with Crippen molar-refractivity contribution in [1.29, 1.82) is 0 Å². The Morgan fingerprint density at radius 3 is 2.52 bits per heavy atom. The summed E-state index contributed by atoms with van der Waals surface area (Å²) >= 11 is 3.50. The van der Waals surface area contributed by atoms with Crippen molar-refractivity contribution in [3.8, 4) is 22.6 Å². The van der Waals surface area contributed by atoms with Gasteiger partial charge >= 0.3 is 0 Å². The van der Waals surface area contributed by atoms with Crippen molar-refractivity contribution in [3.05, 3.63) is 98.2 Å². The van der Waals surface area contributed by atoms with E-state index in [0.717, 1.165) is 15.6 Å². The average Bonchev–Trinajstić information content (AvgIpc) is 3.07. The van der Waals surface area contributed by atoms with Crippen molar-refractivity contribution >= 4 is 27.5 Å². The molecule has 1 aromatic heterocycles. The van der Waals surface area contributed by atoms with Crippen LogP contribution in [0.2, 0.25) is 0 Å². The van der Waals surface area contributed by atoms with Crippen LogP contribution in [0.4, 0.5) is 5.69 Å². The van der Waals surface area contributed by atoms with E-state index in [4.69, 9.17) is 5.10 Å². The third-order valence-electron chi connectivity index (χ3n) is 5.78. The molecule has 0 radical (unpaired) electrons. The molecular weight excluding hydrogens is 456 g/mol. The highest BCUT2D eigenvalue weighted by molar-refractivity contribution is 9.10. The van der Waals surface area contributed by atoms with E-state index < -0.39 is 11.7 Å². The number of amides is 1. The van der Waals surface area contributed by atoms with Gasteiger partial charge in [-0.3, -0.25) is 14.5 Å². The Bertz CT molecular complexity index is 1460. The molecule has 2 aliphatic rings. The second-order valence-electron chi connectivity index (χ2n) is 7.70. The van der Waals surface area contributed by atoms with Crippen molar-refractivity contribution < 1.29 is 4.79 Å². The highest BCUT2D eigenvalue weighted by Gasteiger charge is 2.44. The highest BCUT2D eigenvalue weighted by Crippen LogP contribution is 2.47. The molecule has 0 N–H and O–H groups in total. The fourth-order valence-electron chi connectivity index (χ4n) is 4.32. The SMILES string of the molecule is Cc1ccc(-c2nn3c(nc2=O)-c2cc(Br)ccc2N2C(=O)c4ccccc4C23)cc1. The van der Waals surface area contributed by atoms with Gasteiger partial charge in [0.15, 0.2) is 17.7 Å². The molecule has 0 aliphatic carbocycles. The maximum Gasteiger partial charge on any atom is 0.300 e. The van der Waals surface area contributed by atoms with Crippen LogP contribution in [-0.4, -0.2) is 20.7 Å². The number of hydrogen-bond acceptors (Lipinski definition) is 4. The third-order valence-corrected chi connectivity index (χ3v) is 6.28. The van der Waals surface area contributed by atoms with Crippen molar-refractivity contribution in [2.75, 3.05) is 4.90 Å². The number of aromatic nitrogens is 3. The maximum atomic E-state index is 13.3. The summed E-state index contributed by atoms with van der Waals surface area (Å²) in [7, 11) is 0. The van der Waals surface area contributed by atoms with E-state index in [1.54, 1.807) is 9.58 Å². The van der Waals surface area contributed by atoms with Crippen LogP contribution in [0.3, 0.4) is 0 Å². The number of nitrogens with zero attached hydrogens (tertiary/aromatic N) is 4. The van der Waals surface area contributed by atoms with Crippen LogP contribution in [0.15, 0.2) is 76.0 Å². The smallest absolute Gasteiger partial charge is 0.280 e. The maximum absolute atomic E-state index is 13.3. The van der Waals surface area contributed by atoms with Gasteiger partial charge in [0.1, 0.15) is 0 Å². The first-order valence-corrected chi connectivity index (χ1v) is 10.6. The van der Waals surface area contributed by atoms with Crippen LogP contribution in [0.5, 0.6) is 0 Å². The molecule has 1 amide bonds. The van der Waals surface area contributed by atoms with Crippen molar-refractivity contribution in [2.24, 2.45) is 0 Å². The molecule has 0 spiro atoms. The Labute approximate surface area is 185 Å². The second-order valence-corrected chi connectivity index (χ2v) is 8.61. The van der Waals surface area contributed by atoms with Gasteiger partial charge in [-0.1, -0.05) is 64.0 Å². The minimum Gasteiger partial charge on any atom is -0.280 e. The van der Waals surface area contributed by atoms with Gasteiger partial charge in [-0.25, -0.2) is 4.68 Å². The fraction of sp³-hybridized carbons (Fsp3) is 0.0833. The third kappa shape index (κ3) is 2.56. The van der Waals surface area contributed by atoms with Crippen LogP contribution >= 0.6 is 15.9 Å². The van der Waals surface area contributed by atoms with E-state index in [-0.39, 0.29) is 11.6 Å². The molecule has 6 rings (SSSR count). The summed E-state index contributed by atoms with van der Waals surface area (Å²) in [5.74, 6) is 0.357. The Morgan fingerprint density at radius 2 is 1.71 bits per heavy atom. The number of fused-ring (bicyclic) bond motifs is 8. The van der Waals surface area contributed by atoms with Gasteiger partial charge in [0, 0.05) is 26.7 Å². The minimum absolute atomic E-state index is 0.0905. The first kappa shape index (κ1) is 18.2. The molecule has 31 heavy (non-hydrogen) atoms. The first-order chi connectivity index (χ1) is 15.0. The van der Waals surface area contributed by atoms with Crippen molar-refractivity contribution in [1.82, 2.24) is 14.8 Å². The Morgan fingerprint density at radius 1 is 0.935 bits per heavy atom. The molecule has 0 fully saturated rings. The molecule has 6 nitrogen and oxygen atoms in total. The lowest BCUT2D eigenvalue weighted by molar-refractivity contribution is 0.0986. The van der Waals surface area contributed by atoms with Crippen LogP contribution in [-0.2, 0) is 0 Å². The largest absolute Gasteiger partial charge is 0.300 e. The van der Waals surface area contributed by atoms with Gasteiger partial charge in [0.2, 0.25) is 0 Å². The molecule has 4 aromatic rings. The summed E-state index contributed by atoms with van der Waals surface area (Å²) < 4.78 is 2.53. The van der Waals surface area contributed by atoms with Crippen molar-refractivity contribution in [3.63, 3.8) is 0 Å². The van der Waals surface area contributed by atoms with Gasteiger partial charge in [0.25, 0.3) is 11.5 Å². The summed E-state index contributed by atoms with van der Waals surface area (Å²) in [6.07, 6.45) is -0.496. The molecule has 0 saturated heterocycles. The molecule has 1 atom stereocenters. The molecular formula is C24H15BrN4O2. The van der Waals surface area contributed by atoms with Crippen LogP contribution in [0.25, 0.3) is 22.6 Å². The van der Waals surface area contributed by atoms with Gasteiger partial charge in [-0.2, -0.15) is 10.1 Å². The molecule has 0 saturated carbocycles. The lowest BCUT2D eigenvalue weighted by Gasteiger charge is -2.34. The number of carbonyl (C=O) groups is 1. The summed E-state index contributed by atoms with van der Waals surface area (Å²) in [6, 6.07) is 20.8. The van der Waals surface area contributed by atoms with Gasteiger partial charge in [-0.05, 0) is 31.2 Å². The summed E-state index contributed by atoms with van der Waals surface area (Å²) in [4.78, 5) is 32.5. The van der Waals surface area contributed by atoms with Crippen LogP contribution in [0.1, 0.15) is 27.7 Å².